The summed E-state index contributed by atoms with van der Waals surface area (Å²) in [6.07, 6.45) is 3.58. The highest BCUT2D eigenvalue weighted by Gasteiger charge is 2.08. The molecule has 1 aromatic heterocycles. The number of ether oxygens (including phenoxy) is 2. The molecule has 0 radical (unpaired) electrons. The lowest BCUT2D eigenvalue weighted by Gasteiger charge is -2.10. The van der Waals surface area contributed by atoms with E-state index < -0.39 is 0 Å². The summed E-state index contributed by atoms with van der Waals surface area (Å²) in [7, 11) is 1.56. The number of aromatic nitrogens is 1. The Morgan fingerprint density at radius 2 is 2.21 bits per heavy atom. The van der Waals surface area contributed by atoms with Crippen molar-refractivity contribution >= 4 is 28.0 Å². The summed E-state index contributed by atoms with van der Waals surface area (Å²) in [5.74, 6) is 1.32. The number of rotatable bonds is 7. The van der Waals surface area contributed by atoms with E-state index in [9.17, 15) is 0 Å². The van der Waals surface area contributed by atoms with Crippen molar-refractivity contribution in [3.05, 3.63) is 16.2 Å². The Morgan fingerprint density at radius 1 is 1.47 bits per heavy atom. The zero-order valence-corrected chi connectivity index (χ0v) is 13.5. The van der Waals surface area contributed by atoms with Gasteiger partial charge in [0.1, 0.15) is 0 Å². The van der Waals surface area contributed by atoms with Crippen LogP contribution in [0.4, 0.5) is 5.69 Å². The summed E-state index contributed by atoms with van der Waals surface area (Å²) in [6.45, 7) is 7.00. The maximum absolute atomic E-state index is 5.69. The summed E-state index contributed by atoms with van der Waals surface area (Å²) in [5, 5.41) is 0. The highest BCUT2D eigenvalue weighted by atomic mass is 79.9. The molecule has 0 aromatic carbocycles. The summed E-state index contributed by atoms with van der Waals surface area (Å²) in [6, 6.07) is 1.88. The van der Waals surface area contributed by atoms with Crippen molar-refractivity contribution in [1.29, 1.82) is 0 Å². The van der Waals surface area contributed by atoms with E-state index in [1.54, 1.807) is 7.11 Å². The summed E-state index contributed by atoms with van der Waals surface area (Å²) in [4.78, 5) is 8.55. The van der Waals surface area contributed by atoms with Gasteiger partial charge in [-0.25, -0.2) is 9.98 Å². The Bertz CT molecular complexity index is 434. The lowest BCUT2D eigenvalue weighted by molar-refractivity contribution is 0.285. The number of aliphatic imine (C=N–C) groups is 1. The third kappa shape index (κ3) is 5.59. The first-order chi connectivity index (χ1) is 9.04. The maximum Gasteiger partial charge on any atom is 0.228 e. The summed E-state index contributed by atoms with van der Waals surface area (Å²) < 4.78 is 11.3. The number of nitrogens with zero attached hydrogens (tertiary/aromatic N) is 2. The SMILES string of the molecule is CO/C=N/c1cc(Br)c(OCCCC(C)C)nc1C. The van der Waals surface area contributed by atoms with Crippen LogP contribution in [0.3, 0.4) is 0 Å². The first-order valence-corrected chi connectivity index (χ1v) is 7.19. The number of aryl methyl sites for hydroxylation is 1. The minimum absolute atomic E-state index is 0.623. The smallest absolute Gasteiger partial charge is 0.228 e. The molecule has 0 bridgehead atoms. The molecular formula is C14H21BrN2O2. The first kappa shape index (κ1) is 16.0. The second-order valence-corrected chi connectivity index (χ2v) is 5.59. The minimum Gasteiger partial charge on any atom is -0.486 e. The second kappa shape index (κ2) is 8.15. The molecule has 0 unspecified atom stereocenters. The van der Waals surface area contributed by atoms with E-state index in [0.29, 0.717) is 18.4 Å². The predicted octanol–water partition coefficient (Wildman–Crippen LogP) is 4.27. The molecule has 0 saturated heterocycles. The van der Waals surface area contributed by atoms with E-state index in [1.165, 1.54) is 6.40 Å². The first-order valence-electron chi connectivity index (χ1n) is 6.40. The molecule has 0 saturated carbocycles. The quantitative estimate of drug-likeness (QED) is 0.426. The van der Waals surface area contributed by atoms with E-state index in [0.717, 1.165) is 28.7 Å². The molecule has 0 fully saturated rings. The van der Waals surface area contributed by atoms with Gasteiger partial charge < -0.3 is 9.47 Å². The monoisotopic (exact) mass is 328 g/mol. The number of hydrogen-bond donors (Lipinski definition) is 0. The maximum atomic E-state index is 5.69. The molecule has 1 aromatic rings. The zero-order valence-electron chi connectivity index (χ0n) is 11.9. The molecule has 1 rings (SSSR count). The van der Waals surface area contributed by atoms with Crippen LogP contribution in [0.2, 0.25) is 0 Å². The van der Waals surface area contributed by atoms with Crippen molar-refractivity contribution in [2.24, 2.45) is 10.9 Å². The Labute approximate surface area is 123 Å². The number of halogens is 1. The van der Waals surface area contributed by atoms with Crippen molar-refractivity contribution in [2.45, 2.75) is 33.6 Å². The van der Waals surface area contributed by atoms with Gasteiger partial charge in [0.15, 0.2) is 6.40 Å². The molecule has 0 aliphatic heterocycles. The highest BCUT2D eigenvalue weighted by Crippen LogP contribution is 2.29. The van der Waals surface area contributed by atoms with Crippen molar-refractivity contribution in [2.75, 3.05) is 13.7 Å². The van der Waals surface area contributed by atoms with Gasteiger partial charge in [-0.2, -0.15) is 0 Å². The lowest BCUT2D eigenvalue weighted by atomic mass is 10.1. The number of hydrogen-bond acceptors (Lipinski definition) is 4. The fourth-order valence-corrected chi connectivity index (χ4v) is 1.97. The normalized spacial score (nSPS) is 11.3. The topological polar surface area (TPSA) is 43.7 Å². The van der Waals surface area contributed by atoms with Gasteiger partial charge in [-0.15, -0.1) is 0 Å². The average Bonchev–Trinajstić information content (AvgIpc) is 2.36. The second-order valence-electron chi connectivity index (χ2n) is 4.73. The predicted molar refractivity (Wildman–Crippen MR) is 81.4 cm³/mol. The van der Waals surface area contributed by atoms with Gasteiger partial charge in [0, 0.05) is 0 Å². The number of pyridine rings is 1. The Balaban J connectivity index is 2.65. The van der Waals surface area contributed by atoms with Gasteiger partial charge in [-0.3, -0.25) is 0 Å². The fraction of sp³-hybridized carbons (Fsp3) is 0.571. The molecule has 0 spiro atoms. The van der Waals surface area contributed by atoms with E-state index in [4.69, 9.17) is 9.47 Å². The van der Waals surface area contributed by atoms with Crippen molar-refractivity contribution in [3.8, 4) is 5.88 Å². The molecular weight excluding hydrogens is 308 g/mol. The molecule has 106 valence electrons. The van der Waals surface area contributed by atoms with Crippen LogP contribution in [-0.4, -0.2) is 25.1 Å². The van der Waals surface area contributed by atoms with Crippen LogP contribution >= 0.6 is 15.9 Å². The molecule has 0 aliphatic rings. The Hall–Kier alpha value is -1.10. The van der Waals surface area contributed by atoms with E-state index >= 15 is 0 Å². The van der Waals surface area contributed by atoms with Crippen LogP contribution in [0.1, 0.15) is 32.4 Å². The van der Waals surface area contributed by atoms with Crippen molar-refractivity contribution in [1.82, 2.24) is 4.98 Å². The van der Waals surface area contributed by atoms with Crippen LogP contribution < -0.4 is 4.74 Å². The summed E-state index contributed by atoms with van der Waals surface area (Å²) in [5.41, 5.74) is 1.58. The van der Waals surface area contributed by atoms with Gasteiger partial charge in [-0.05, 0) is 47.7 Å². The molecule has 1 heterocycles. The van der Waals surface area contributed by atoms with Crippen molar-refractivity contribution in [3.63, 3.8) is 0 Å². The minimum atomic E-state index is 0.623. The van der Waals surface area contributed by atoms with Crippen LogP contribution in [0.15, 0.2) is 15.5 Å². The van der Waals surface area contributed by atoms with E-state index in [-0.39, 0.29) is 0 Å². The van der Waals surface area contributed by atoms with Gasteiger partial charge >= 0.3 is 0 Å². The lowest BCUT2D eigenvalue weighted by Crippen LogP contribution is -2.02. The van der Waals surface area contributed by atoms with Gasteiger partial charge in [0.05, 0.1) is 29.6 Å². The molecule has 0 aliphatic carbocycles. The fourth-order valence-electron chi connectivity index (χ4n) is 1.55. The van der Waals surface area contributed by atoms with Gasteiger partial charge in [0.2, 0.25) is 5.88 Å². The summed E-state index contributed by atoms with van der Waals surface area (Å²) >= 11 is 3.45. The van der Waals surface area contributed by atoms with Crippen LogP contribution in [-0.2, 0) is 4.74 Å². The van der Waals surface area contributed by atoms with Gasteiger partial charge in [-0.1, -0.05) is 13.8 Å². The molecule has 0 atom stereocenters. The van der Waals surface area contributed by atoms with Crippen LogP contribution in [0.5, 0.6) is 5.88 Å². The number of methoxy groups -OCH3 is 1. The molecule has 0 N–H and O–H groups in total. The van der Waals surface area contributed by atoms with E-state index in [1.807, 2.05) is 13.0 Å². The highest BCUT2D eigenvalue weighted by molar-refractivity contribution is 9.10. The van der Waals surface area contributed by atoms with E-state index in [2.05, 4.69) is 39.8 Å². The molecule has 0 amide bonds. The average molecular weight is 329 g/mol. The van der Waals surface area contributed by atoms with Gasteiger partial charge in [0.25, 0.3) is 0 Å². The molecule has 5 heteroatoms. The Morgan fingerprint density at radius 3 is 2.84 bits per heavy atom. The van der Waals surface area contributed by atoms with Crippen LogP contribution in [0.25, 0.3) is 0 Å². The zero-order chi connectivity index (χ0) is 14.3. The Kier molecular flexibility index (Phi) is 6.84. The van der Waals surface area contributed by atoms with Crippen LogP contribution in [0, 0.1) is 12.8 Å². The third-order valence-electron chi connectivity index (χ3n) is 2.57. The third-order valence-corrected chi connectivity index (χ3v) is 3.14. The molecule has 4 nitrogen and oxygen atoms in total. The standard InChI is InChI=1S/C14H21BrN2O2/c1-10(2)6-5-7-19-14-12(15)8-13(11(3)17-14)16-9-18-4/h8-10H,5-7H2,1-4H3/b16-9+. The van der Waals surface area contributed by atoms with Crippen molar-refractivity contribution < 1.29 is 9.47 Å². The largest absolute Gasteiger partial charge is 0.486 e. The molecule has 19 heavy (non-hydrogen) atoms.